The van der Waals surface area contributed by atoms with Gasteiger partial charge < -0.3 is 15.7 Å². The maximum Gasteiger partial charge on any atom is 0.407 e. The number of carbonyl (C=O) groups is 1. The van der Waals surface area contributed by atoms with Crippen LogP contribution in [0.15, 0.2) is 22.7 Å². The summed E-state index contributed by atoms with van der Waals surface area (Å²) in [5, 5.41) is 9.08. The van der Waals surface area contributed by atoms with Crippen LogP contribution >= 0.6 is 15.9 Å². The van der Waals surface area contributed by atoms with Crippen LogP contribution in [0.2, 0.25) is 0 Å². The van der Waals surface area contributed by atoms with E-state index in [0.29, 0.717) is 23.9 Å². The predicted octanol–water partition coefficient (Wildman–Crippen LogP) is 2.21. The first-order chi connectivity index (χ1) is 8.47. The number of likely N-dealkylation sites (tertiary alicyclic amines) is 1. The van der Waals surface area contributed by atoms with Gasteiger partial charge in [0.2, 0.25) is 0 Å². The Morgan fingerprint density at radius 2 is 2.28 bits per heavy atom. The number of nitrogens with zero attached hydrogens (tertiary/aromatic N) is 1. The normalized spacial score (nSPS) is 23.4. The van der Waals surface area contributed by atoms with Crippen LogP contribution in [0.3, 0.4) is 0 Å². The van der Waals surface area contributed by atoms with Gasteiger partial charge >= 0.3 is 6.09 Å². The summed E-state index contributed by atoms with van der Waals surface area (Å²) in [6, 6.07) is 4.09. The summed E-state index contributed by atoms with van der Waals surface area (Å²) in [6.07, 6.45) is 0.112. The zero-order valence-electron chi connectivity index (χ0n) is 9.64. The van der Waals surface area contributed by atoms with Crippen molar-refractivity contribution in [2.75, 3.05) is 6.54 Å². The molecule has 0 spiro atoms. The molecule has 1 saturated heterocycles. The number of benzene rings is 1. The van der Waals surface area contributed by atoms with E-state index in [4.69, 9.17) is 10.8 Å². The summed E-state index contributed by atoms with van der Waals surface area (Å²) in [6.45, 7) is 0.442. The van der Waals surface area contributed by atoms with E-state index in [1.807, 2.05) is 0 Å². The van der Waals surface area contributed by atoms with Gasteiger partial charge in [-0.25, -0.2) is 9.18 Å². The Hall–Kier alpha value is -1.14. The molecule has 2 rings (SSSR count). The second kappa shape index (κ2) is 5.24. The van der Waals surface area contributed by atoms with E-state index in [0.717, 1.165) is 5.56 Å². The first-order valence-corrected chi connectivity index (χ1v) is 6.47. The van der Waals surface area contributed by atoms with E-state index in [-0.39, 0.29) is 17.9 Å². The molecule has 0 aliphatic carbocycles. The third kappa shape index (κ3) is 2.81. The summed E-state index contributed by atoms with van der Waals surface area (Å²) in [7, 11) is 0. The van der Waals surface area contributed by atoms with Crippen molar-refractivity contribution in [1.82, 2.24) is 4.90 Å². The van der Waals surface area contributed by atoms with Gasteiger partial charge in [0.1, 0.15) is 5.82 Å². The van der Waals surface area contributed by atoms with Gasteiger partial charge in [-0.05, 0) is 36.6 Å². The highest BCUT2D eigenvalue weighted by atomic mass is 79.9. The Morgan fingerprint density at radius 3 is 2.89 bits per heavy atom. The first kappa shape index (κ1) is 13.3. The first-order valence-electron chi connectivity index (χ1n) is 5.67. The minimum absolute atomic E-state index is 0.192. The molecule has 3 N–H and O–H groups in total. The lowest BCUT2D eigenvalue weighted by atomic mass is 10.0. The van der Waals surface area contributed by atoms with Crippen molar-refractivity contribution < 1.29 is 14.3 Å². The van der Waals surface area contributed by atoms with Crippen LogP contribution in [0, 0.1) is 5.82 Å². The minimum Gasteiger partial charge on any atom is -0.465 e. The third-order valence-electron chi connectivity index (χ3n) is 3.21. The number of halogens is 2. The molecule has 0 bridgehead atoms. The van der Waals surface area contributed by atoms with E-state index in [2.05, 4.69) is 15.9 Å². The Bertz CT molecular complexity index is 449. The van der Waals surface area contributed by atoms with E-state index in [1.165, 1.54) is 17.0 Å². The van der Waals surface area contributed by atoms with Crippen LogP contribution in [-0.4, -0.2) is 34.7 Å². The number of amides is 1. The van der Waals surface area contributed by atoms with Crippen LogP contribution < -0.4 is 5.73 Å². The molecule has 4 nitrogen and oxygen atoms in total. The lowest BCUT2D eigenvalue weighted by Gasteiger charge is -2.24. The molecule has 0 radical (unpaired) electrons. The molecular weight excluding hydrogens is 303 g/mol. The molecule has 0 saturated carbocycles. The molecule has 98 valence electrons. The second-order valence-electron chi connectivity index (χ2n) is 4.48. The number of hydrogen-bond donors (Lipinski definition) is 2. The highest BCUT2D eigenvalue weighted by Gasteiger charge is 2.34. The summed E-state index contributed by atoms with van der Waals surface area (Å²) in [5.74, 6) is -0.340. The molecule has 1 aromatic carbocycles. The van der Waals surface area contributed by atoms with E-state index < -0.39 is 6.09 Å². The molecule has 6 heteroatoms. The molecule has 1 aromatic rings. The van der Waals surface area contributed by atoms with Gasteiger partial charge in [-0.3, -0.25) is 0 Å². The smallest absolute Gasteiger partial charge is 0.407 e. The molecule has 1 aliphatic rings. The average molecular weight is 317 g/mol. The van der Waals surface area contributed by atoms with Crippen molar-refractivity contribution in [2.24, 2.45) is 5.73 Å². The molecule has 0 aromatic heterocycles. The van der Waals surface area contributed by atoms with Crippen LogP contribution in [0.1, 0.15) is 12.0 Å². The van der Waals surface area contributed by atoms with Gasteiger partial charge in [0, 0.05) is 17.1 Å². The maximum absolute atomic E-state index is 13.3. The number of carboxylic acid groups (broad SMARTS) is 1. The zero-order chi connectivity index (χ0) is 13.3. The fourth-order valence-corrected chi connectivity index (χ4v) is 2.86. The van der Waals surface area contributed by atoms with Crippen molar-refractivity contribution >= 4 is 22.0 Å². The van der Waals surface area contributed by atoms with Gasteiger partial charge in [-0.2, -0.15) is 0 Å². The second-order valence-corrected chi connectivity index (χ2v) is 5.39. The monoisotopic (exact) mass is 316 g/mol. The SMILES string of the molecule is N[C@@H]1CCN(C(=O)O)[C@@H]1Cc1cc(F)cc(Br)c1. The van der Waals surface area contributed by atoms with Crippen molar-refractivity contribution in [3.63, 3.8) is 0 Å². The van der Waals surface area contributed by atoms with Crippen LogP contribution in [0.25, 0.3) is 0 Å². The molecule has 1 heterocycles. The highest BCUT2D eigenvalue weighted by Crippen LogP contribution is 2.23. The largest absolute Gasteiger partial charge is 0.465 e. The predicted molar refractivity (Wildman–Crippen MR) is 68.9 cm³/mol. The van der Waals surface area contributed by atoms with Crippen molar-refractivity contribution in [1.29, 1.82) is 0 Å². The Morgan fingerprint density at radius 1 is 1.56 bits per heavy atom. The quantitative estimate of drug-likeness (QED) is 0.879. The summed E-state index contributed by atoms with van der Waals surface area (Å²) in [4.78, 5) is 12.4. The third-order valence-corrected chi connectivity index (χ3v) is 3.67. The summed E-state index contributed by atoms with van der Waals surface area (Å²) in [5.41, 5.74) is 6.67. The standard InChI is InChI=1S/C12H14BrFN2O2/c13-8-3-7(4-9(14)6-8)5-11-10(15)1-2-16(11)12(17)18/h3-4,6,10-11H,1-2,5,15H2,(H,17,18)/t10-,11-/m1/s1. The molecule has 18 heavy (non-hydrogen) atoms. The Kier molecular flexibility index (Phi) is 3.87. The van der Waals surface area contributed by atoms with Gasteiger partial charge in [-0.15, -0.1) is 0 Å². The van der Waals surface area contributed by atoms with Gasteiger partial charge in [-0.1, -0.05) is 15.9 Å². The Balaban J connectivity index is 2.18. The van der Waals surface area contributed by atoms with Gasteiger partial charge in [0.05, 0.1) is 6.04 Å². The lowest BCUT2D eigenvalue weighted by molar-refractivity contribution is 0.138. The zero-order valence-corrected chi connectivity index (χ0v) is 11.2. The molecule has 1 aliphatic heterocycles. The fourth-order valence-electron chi connectivity index (χ4n) is 2.35. The van der Waals surface area contributed by atoms with Gasteiger partial charge in [0.15, 0.2) is 0 Å². The molecular formula is C12H14BrFN2O2. The summed E-state index contributed by atoms with van der Waals surface area (Å²) >= 11 is 3.22. The van der Waals surface area contributed by atoms with Crippen molar-refractivity contribution in [3.8, 4) is 0 Å². The fraction of sp³-hybridized carbons (Fsp3) is 0.417. The van der Waals surface area contributed by atoms with Crippen molar-refractivity contribution in [2.45, 2.75) is 24.9 Å². The lowest BCUT2D eigenvalue weighted by Crippen LogP contribution is -2.43. The number of nitrogens with two attached hydrogens (primary N) is 1. The highest BCUT2D eigenvalue weighted by molar-refractivity contribution is 9.10. The van der Waals surface area contributed by atoms with Gasteiger partial charge in [0.25, 0.3) is 0 Å². The minimum atomic E-state index is -0.969. The molecule has 0 unspecified atom stereocenters. The van der Waals surface area contributed by atoms with Crippen LogP contribution in [0.5, 0.6) is 0 Å². The van der Waals surface area contributed by atoms with Crippen molar-refractivity contribution in [3.05, 3.63) is 34.1 Å². The van der Waals surface area contributed by atoms with Crippen LogP contribution in [-0.2, 0) is 6.42 Å². The molecule has 2 atom stereocenters. The van der Waals surface area contributed by atoms with Crippen LogP contribution in [0.4, 0.5) is 9.18 Å². The number of rotatable bonds is 2. The summed E-state index contributed by atoms with van der Waals surface area (Å²) < 4.78 is 13.9. The Labute approximate surface area is 113 Å². The maximum atomic E-state index is 13.3. The van der Waals surface area contributed by atoms with E-state index in [9.17, 15) is 9.18 Å². The topological polar surface area (TPSA) is 66.6 Å². The average Bonchev–Trinajstić information content (AvgIpc) is 2.59. The van der Waals surface area contributed by atoms with E-state index in [1.54, 1.807) is 6.07 Å². The van der Waals surface area contributed by atoms with E-state index >= 15 is 0 Å². The molecule has 1 amide bonds. The number of hydrogen-bond acceptors (Lipinski definition) is 2. The molecule has 1 fully saturated rings.